The molecule has 2 saturated carbocycles. The summed E-state index contributed by atoms with van der Waals surface area (Å²) in [7, 11) is 1.39. The molecule has 2 N–H and O–H groups in total. The van der Waals surface area contributed by atoms with Crippen LogP contribution < -0.4 is 20.4 Å². The Morgan fingerprint density at radius 3 is 2.74 bits per heavy atom. The number of nitrogens with zero attached hydrogens (tertiary/aromatic N) is 7. The Morgan fingerprint density at radius 2 is 2.06 bits per heavy atom. The van der Waals surface area contributed by atoms with Gasteiger partial charge in [0.05, 0.1) is 24.0 Å². The van der Waals surface area contributed by atoms with E-state index in [9.17, 15) is 14.5 Å². The van der Waals surface area contributed by atoms with Crippen LogP contribution in [0.3, 0.4) is 0 Å². The SMILES string of the molecule is [2H]C([2H])([2H])NC(=O)c1nnc(NC(=O)C2CC2)cc1N(N=O)c1cccc(-c2ncn(C3CC3)n2)c1OC. The summed E-state index contributed by atoms with van der Waals surface area (Å²) in [6.07, 6.45) is 5.12. The van der Waals surface area contributed by atoms with Crippen molar-refractivity contribution >= 4 is 29.0 Å². The molecule has 5 rings (SSSR count). The van der Waals surface area contributed by atoms with Crippen LogP contribution in [0.2, 0.25) is 0 Å². The third-order valence-corrected chi connectivity index (χ3v) is 5.71. The zero-order chi connectivity index (χ0) is 27.0. The number of amides is 2. The summed E-state index contributed by atoms with van der Waals surface area (Å²) in [6.45, 7) is -2.84. The molecule has 0 radical (unpaired) electrons. The maximum absolute atomic E-state index is 12.8. The standard InChI is InChI=1S/C22H23N9O4/c1-23-22(33)18-16(10-17(26-27-18)25-21(32)12-6-7-12)31(29-34)15-5-3-4-14(19(15)35-2)20-24-11-30(28-20)13-8-9-13/h3-5,10-13H,6-9H2,1-2H3,(H,23,33)(H,25,26,32)/i1D3. The van der Waals surface area contributed by atoms with E-state index in [2.05, 4.69) is 30.9 Å². The highest BCUT2D eigenvalue weighted by molar-refractivity contribution is 6.00. The molecule has 2 aromatic heterocycles. The van der Waals surface area contributed by atoms with Crippen LogP contribution in [0.5, 0.6) is 5.75 Å². The smallest absolute Gasteiger partial charge is 0.273 e. The lowest BCUT2D eigenvalue weighted by molar-refractivity contribution is -0.117. The van der Waals surface area contributed by atoms with E-state index in [4.69, 9.17) is 8.85 Å². The Morgan fingerprint density at radius 1 is 1.23 bits per heavy atom. The molecule has 0 atom stereocenters. The van der Waals surface area contributed by atoms with Gasteiger partial charge >= 0.3 is 0 Å². The fraction of sp³-hybridized carbons (Fsp3) is 0.364. The average molecular weight is 481 g/mol. The molecule has 35 heavy (non-hydrogen) atoms. The van der Waals surface area contributed by atoms with Gasteiger partial charge in [0.15, 0.2) is 23.1 Å². The van der Waals surface area contributed by atoms with Crippen molar-refractivity contribution in [3.05, 3.63) is 41.2 Å². The van der Waals surface area contributed by atoms with Crippen LogP contribution in [0, 0.1) is 10.8 Å². The molecule has 13 nitrogen and oxygen atoms in total. The van der Waals surface area contributed by atoms with Crippen molar-refractivity contribution in [2.45, 2.75) is 31.7 Å². The van der Waals surface area contributed by atoms with Crippen molar-refractivity contribution in [2.75, 3.05) is 24.4 Å². The zero-order valence-electron chi connectivity index (χ0n) is 21.6. The van der Waals surface area contributed by atoms with E-state index in [1.54, 1.807) is 23.1 Å². The van der Waals surface area contributed by atoms with Gasteiger partial charge in [-0.2, -0.15) is 10.1 Å². The molecule has 13 heteroatoms. The minimum Gasteiger partial charge on any atom is -0.494 e. The summed E-state index contributed by atoms with van der Waals surface area (Å²) in [5.41, 5.74) is -0.183. The zero-order valence-corrected chi connectivity index (χ0v) is 18.6. The minimum atomic E-state index is -2.84. The first kappa shape index (κ1) is 18.9. The topological polar surface area (TPSA) is 157 Å². The molecule has 0 unspecified atom stereocenters. The highest BCUT2D eigenvalue weighted by Crippen LogP contribution is 2.42. The number of hydrogen-bond donors (Lipinski definition) is 2. The predicted octanol–water partition coefficient (Wildman–Crippen LogP) is 2.61. The van der Waals surface area contributed by atoms with Crippen LogP contribution in [-0.4, -0.2) is 50.9 Å². The summed E-state index contributed by atoms with van der Waals surface area (Å²) in [6, 6.07) is 6.35. The first-order valence-corrected chi connectivity index (χ1v) is 10.9. The van der Waals surface area contributed by atoms with Gasteiger partial charge in [-0.15, -0.1) is 15.1 Å². The molecular formula is C22H23N9O4. The van der Waals surface area contributed by atoms with Gasteiger partial charge in [-0.25, -0.2) is 9.67 Å². The van der Waals surface area contributed by atoms with Gasteiger partial charge in [0.25, 0.3) is 5.91 Å². The lowest BCUT2D eigenvalue weighted by atomic mass is 10.1. The van der Waals surface area contributed by atoms with Gasteiger partial charge in [0.1, 0.15) is 17.7 Å². The number of rotatable bonds is 9. The summed E-state index contributed by atoms with van der Waals surface area (Å²) < 4.78 is 29.5. The van der Waals surface area contributed by atoms with Crippen LogP contribution in [0.1, 0.15) is 46.3 Å². The third-order valence-electron chi connectivity index (χ3n) is 5.71. The van der Waals surface area contributed by atoms with Crippen molar-refractivity contribution in [3.63, 3.8) is 0 Å². The van der Waals surface area contributed by atoms with Crippen molar-refractivity contribution < 1.29 is 18.4 Å². The number of carbonyl (C=O) groups is 2. The minimum absolute atomic E-state index is 0.0454. The average Bonchev–Trinajstić information content (AvgIpc) is 3.81. The number of carbonyl (C=O) groups excluding carboxylic acids is 2. The van der Waals surface area contributed by atoms with Crippen LogP contribution in [-0.2, 0) is 4.79 Å². The number of nitroso groups, excluding NO2 is 1. The quantitative estimate of drug-likeness (QED) is 0.347. The predicted molar refractivity (Wildman–Crippen MR) is 125 cm³/mol. The highest BCUT2D eigenvalue weighted by atomic mass is 16.5. The Kier molecular flexibility index (Phi) is 4.92. The molecule has 0 bridgehead atoms. The fourth-order valence-electron chi connectivity index (χ4n) is 3.61. The summed E-state index contributed by atoms with van der Waals surface area (Å²) in [5.74, 6) is -1.08. The van der Waals surface area contributed by atoms with Gasteiger partial charge in [0.2, 0.25) is 5.91 Å². The van der Waals surface area contributed by atoms with Crippen LogP contribution in [0.4, 0.5) is 17.2 Å². The number of hydrogen-bond acceptors (Lipinski definition) is 9. The molecule has 0 spiro atoms. The molecule has 2 aliphatic carbocycles. The Hall–Kier alpha value is -4.42. The lowest BCUT2D eigenvalue weighted by Crippen LogP contribution is -2.25. The Labute approximate surface area is 204 Å². The largest absolute Gasteiger partial charge is 0.494 e. The van der Waals surface area contributed by atoms with Gasteiger partial charge in [-0.05, 0) is 37.8 Å². The number of methoxy groups -OCH3 is 1. The maximum atomic E-state index is 12.8. The van der Waals surface area contributed by atoms with Crippen LogP contribution in [0.15, 0.2) is 35.9 Å². The van der Waals surface area contributed by atoms with Crippen molar-refractivity contribution in [2.24, 2.45) is 11.2 Å². The molecule has 2 amide bonds. The number of nitrogens with one attached hydrogen (secondary N) is 2. The van der Waals surface area contributed by atoms with E-state index in [1.165, 1.54) is 19.2 Å². The van der Waals surface area contributed by atoms with E-state index in [-0.39, 0.29) is 34.8 Å². The highest BCUT2D eigenvalue weighted by Gasteiger charge is 2.31. The van der Waals surface area contributed by atoms with Gasteiger partial charge < -0.3 is 15.4 Å². The van der Waals surface area contributed by atoms with Gasteiger partial charge in [0, 0.05) is 23.1 Å². The number of aromatic nitrogens is 5. The molecule has 2 fully saturated rings. The summed E-state index contributed by atoms with van der Waals surface area (Å²) in [4.78, 5) is 41.7. The Balaban J connectivity index is 1.58. The van der Waals surface area contributed by atoms with Crippen molar-refractivity contribution in [1.82, 2.24) is 30.3 Å². The second-order valence-corrected chi connectivity index (χ2v) is 8.21. The number of benzene rings is 1. The Bertz CT molecular complexity index is 1400. The summed E-state index contributed by atoms with van der Waals surface area (Å²) >= 11 is 0. The monoisotopic (exact) mass is 480 g/mol. The van der Waals surface area contributed by atoms with E-state index in [0.29, 0.717) is 17.4 Å². The number of anilines is 3. The van der Waals surface area contributed by atoms with E-state index in [0.717, 1.165) is 30.7 Å². The van der Waals surface area contributed by atoms with Crippen molar-refractivity contribution in [3.8, 4) is 17.1 Å². The first-order valence-electron chi connectivity index (χ1n) is 12.4. The molecular weight excluding hydrogens is 454 g/mol. The van der Waals surface area contributed by atoms with E-state index >= 15 is 0 Å². The molecule has 3 aromatic rings. The molecule has 0 aliphatic heterocycles. The normalized spacial score (nSPS) is 16.4. The maximum Gasteiger partial charge on any atom is 0.273 e. The number of para-hydroxylation sites is 1. The van der Waals surface area contributed by atoms with Gasteiger partial charge in [-0.1, -0.05) is 6.07 Å². The summed E-state index contributed by atoms with van der Waals surface area (Å²) in [5, 5.41) is 20.5. The third kappa shape index (κ3) is 4.39. The van der Waals surface area contributed by atoms with Gasteiger partial charge in [-0.3, -0.25) is 9.59 Å². The number of ether oxygens (including phenoxy) is 1. The van der Waals surface area contributed by atoms with Crippen LogP contribution >= 0.6 is 0 Å². The van der Waals surface area contributed by atoms with E-state index in [1.807, 2.05) is 5.32 Å². The second-order valence-electron chi connectivity index (χ2n) is 8.21. The van der Waals surface area contributed by atoms with Crippen molar-refractivity contribution in [1.29, 1.82) is 0 Å². The lowest BCUT2D eigenvalue weighted by Gasteiger charge is -2.21. The first-order chi connectivity index (χ1) is 18.2. The molecule has 1 aromatic carbocycles. The van der Waals surface area contributed by atoms with Crippen LogP contribution in [0.25, 0.3) is 11.4 Å². The molecule has 2 heterocycles. The fourth-order valence-corrected chi connectivity index (χ4v) is 3.61. The second kappa shape index (κ2) is 9.08. The molecule has 2 aliphatic rings. The molecule has 180 valence electrons. The molecule has 0 saturated heterocycles. The van der Waals surface area contributed by atoms with E-state index < -0.39 is 18.6 Å².